The van der Waals surface area contributed by atoms with E-state index in [1.165, 1.54) is 6.07 Å². The number of anilines is 1. The van der Waals surface area contributed by atoms with Crippen molar-refractivity contribution in [1.82, 2.24) is 14.5 Å². The third kappa shape index (κ3) is 2.44. The van der Waals surface area contributed by atoms with Gasteiger partial charge in [-0.2, -0.15) is 0 Å². The van der Waals surface area contributed by atoms with Gasteiger partial charge in [0.2, 0.25) is 0 Å². The predicted molar refractivity (Wildman–Crippen MR) is 96.8 cm³/mol. The first-order valence-electron chi connectivity index (χ1n) is 7.77. The minimum absolute atomic E-state index is 0.0366. The lowest BCUT2D eigenvalue weighted by Gasteiger charge is -2.11. The molecule has 0 bridgehead atoms. The number of imidazole rings is 1. The van der Waals surface area contributed by atoms with Crippen LogP contribution in [0.2, 0.25) is 0 Å². The highest BCUT2D eigenvalue weighted by Crippen LogP contribution is 2.36. The molecule has 4 aromatic rings. The molecule has 25 heavy (non-hydrogen) atoms. The van der Waals surface area contributed by atoms with Crippen LogP contribution in [0.3, 0.4) is 0 Å². The zero-order valence-corrected chi connectivity index (χ0v) is 13.5. The van der Waals surface area contributed by atoms with Gasteiger partial charge in [-0.3, -0.25) is 4.57 Å². The topological polar surface area (TPSA) is 97.2 Å². The van der Waals surface area contributed by atoms with Gasteiger partial charge < -0.3 is 15.9 Å². The van der Waals surface area contributed by atoms with Crippen molar-refractivity contribution in [2.75, 3.05) is 5.73 Å². The summed E-state index contributed by atoms with van der Waals surface area (Å²) in [6, 6.07) is 14.1. The van der Waals surface area contributed by atoms with Crippen molar-refractivity contribution >= 4 is 16.9 Å². The number of phenolic OH excluding ortho intramolecular Hbond substituents is 2. The maximum atomic E-state index is 10.4. The molecule has 0 saturated carbocycles. The highest BCUT2D eigenvalue weighted by atomic mass is 16.3. The van der Waals surface area contributed by atoms with E-state index in [0.717, 1.165) is 5.69 Å². The molecule has 0 atom stereocenters. The smallest absolute Gasteiger partial charge is 0.164 e. The molecule has 4 N–H and O–H groups in total. The lowest BCUT2D eigenvalue weighted by molar-refractivity contribution is 0.449. The van der Waals surface area contributed by atoms with Gasteiger partial charge in [-0.25, -0.2) is 9.97 Å². The number of benzene rings is 2. The molecule has 124 valence electrons. The Hall–Kier alpha value is -3.54. The van der Waals surface area contributed by atoms with Crippen molar-refractivity contribution in [1.29, 1.82) is 0 Å². The van der Waals surface area contributed by atoms with E-state index in [1.54, 1.807) is 31.3 Å². The molecule has 2 heterocycles. The van der Waals surface area contributed by atoms with E-state index in [1.807, 2.05) is 28.8 Å². The normalized spacial score (nSPS) is 11.1. The maximum absolute atomic E-state index is 10.4. The summed E-state index contributed by atoms with van der Waals surface area (Å²) in [6.45, 7) is 1.77. The number of nitrogen functional groups attached to an aromatic ring is 1. The van der Waals surface area contributed by atoms with Crippen LogP contribution < -0.4 is 5.73 Å². The van der Waals surface area contributed by atoms with Crippen molar-refractivity contribution < 1.29 is 10.2 Å². The van der Waals surface area contributed by atoms with Crippen LogP contribution in [-0.4, -0.2) is 24.7 Å². The van der Waals surface area contributed by atoms with Gasteiger partial charge in [0.1, 0.15) is 17.0 Å². The van der Waals surface area contributed by atoms with Gasteiger partial charge >= 0.3 is 0 Å². The number of pyridine rings is 1. The molecule has 0 amide bonds. The van der Waals surface area contributed by atoms with Crippen LogP contribution in [0.5, 0.6) is 11.5 Å². The largest absolute Gasteiger partial charge is 0.508 e. The van der Waals surface area contributed by atoms with E-state index in [9.17, 15) is 10.2 Å². The molecular formula is C19H16N4O2. The Morgan fingerprint density at radius 1 is 1.00 bits per heavy atom. The Morgan fingerprint density at radius 2 is 1.76 bits per heavy atom. The van der Waals surface area contributed by atoms with Crippen molar-refractivity contribution in [2.24, 2.45) is 0 Å². The van der Waals surface area contributed by atoms with E-state index in [-0.39, 0.29) is 11.5 Å². The fourth-order valence-corrected chi connectivity index (χ4v) is 2.83. The predicted octanol–water partition coefficient (Wildman–Crippen LogP) is 3.39. The molecule has 0 unspecified atom stereocenters. The van der Waals surface area contributed by atoms with E-state index in [4.69, 9.17) is 5.73 Å². The standard InChI is InChI=1S/C19H16N4O2/c1-11-9-14(17(25)10-16(11)24)18-22-15-3-2-8-21-19(15)23(18)13-6-4-12(20)5-7-13/h2-10,24-25H,20H2,1H3. The number of nitrogens with zero attached hydrogens (tertiary/aromatic N) is 3. The monoisotopic (exact) mass is 332 g/mol. The van der Waals surface area contributed by atoms with Crippen molar-refractivity contribution in [2.45, 2.75) is 6.92 Å². The summed E-state index contributed by atoms with van der Waals surface area (Å²) in [5.41, 5.74) is 9.83. The Balaban J connectivity index is 2.06. The fraction of sp³-hybridized carbons (Fsp3) is 0.0526. The highest BCUT2D eigenvalue weighted by Gasteiger charge is 2.19. The minimum Gasteiger partial charge on any atom is -0.508 e. The number of hydrogen-bond donors (Lipinski definition) is 3. The van der Waals surface area contributed by atoms with E-state index in [2.05, 4.69) is 9.97 Å². The summed E-state index contributed by atoms with van der Waals surface area (Å²) in [4.78, 5) is 9.07. The SMILES string of the molecule is Cc1cc(-c2nc3cccnc3n2-c2ccc(N)cc2)c(O)cc1O. The van der Waals surface area contributed by atoms with Crippen LogP contribution >= 0.6 is 0 Å². The second-order valence-corrected chi connectivity index (χ2v) is 5.86. The third-order valence-corrected chi connectivity index (χ3v) is 4.12. The Bertz CT molecular complexity index is 1080. The average molecular weight is 332 g/mol. The summed E-state index contributed by atoms with van der Waals surface area (Å²) in [7, 11) is 0. The number of aryl methyl sites for hydroxylation is 1. The number of phenols is 2. The maximum Gasteiger partial charge on any atom is 0.164 e. The minimum atomic E-state index is -0.0462. The van der Waals surface area contributed by atoms with Crippen LogP contribution in [0.15, 0.2) is 54.7 Å². The highest BCUT2D eigenvalue weighted by molar-refractivity contribution is 5.82. The van der Waals surface area contributed by atoms with E-state index >= 15 is 0 Å². The summed E-state index contributed by atoms with van der Waals surface area (Å²) in [5, 5.41) is 20.2. The molecule has 0 spiro atoms. The van der Waals surface area contributed by atoms with Gasteiger partial charge in [0.25, 0.3) is 0 Å². The third-order valence-electron chi connectivity index (χ3n) is 4.12. The number of nitrogens with two attached hydrogens (primary N) is 1. The molecule has 0 aliphatic rings. The van der Waals surface area contributed by atoms with E-state index in [0.29, 0.717) is 33.8 Å². The molecule has 0 aliphatic heterocycles. The zero-order chi connectivity index (χ0) is 17.6. The Morgan fingerprint density at radius 3 is 2.52 bits per heavy atom. The van der Waals surface area contributed by atoms with Crippen LogP contribution in [0, 0.1) is 6.92 Å². The van der Waals surface area contributed by atoms with E-state index < -0.39 is 0 Å². The first-order valence-corrected chi connectivity index (χ1v) is 7.77. The van der Waals surface area contributed by atoms with Gasteiger partial charge in [-0.05, 0) is 55.0 Å². The molecule has 0 fully saturated rings. The second kappa shape index (κ2) is 5.52. The summed E-state index contributed by atoms with van der Waals surface area (Å²) in [5.74, 6) is 0.531. The summed E-state index contributed by atoms with van der Waals surface area (Å²) in [6.07, 6.45) is 1.70. The van der Waals surface area contributed by atoms with Crippen LogP contribution in [0.25, 0.3) is 28.2 Å². The van der Waals surface area contributed by atoms with Crippen LogP contribution in [0.1, 0.15) is 5.56 Å². The molecule has 4 rings (SSSR count). The van der Waals surface area contributed by atoms with Crippen LogP contribution in [-0.2, 0) is 0 Å². The lowest BCUT2D eigenvalue weighted by atomic mass is 10.1. The second-order valence-electron chi connectivity index (χ2n) is 5.86. The van der Waals surface area contributed by atoms with Crippen molar-refractivity contribution in [3.05, 3.63) is 60.3 Å². The molecule has 0 aliphatic carbocycles. The average Bonchev–Trinajstić information content (AvgIpc) is 2.98. The zero-order valence-electron chi connectivity index (χ0n) is 13.5. The van der Waals surface area contributed by atoms with Crippen LogP contribution in [0.4, 0.5) is 5.69 Å². The fourth-order valence-electron chi connectivity index (χ4n) is 2.83. The molecule has 0 saturated heterocycles. The Labute approximate surface area is 143 Å². The number of fused-ring (bicyclic) bond motifs is 1. The lowest BCUT2D eigenvalue weighted by Crippen LogP contribution is -1.99. The molecule has 6 nitrogen and oxygen atoms in total. The summed E-state index contributed by atoms with van der Waals surface area (Å²) >= 11 is 0. The van der Waals surface area contributed by atoms with Crippen molar-refractivity contribution in [3.8, 4) is 28.6 Å². The van der Waals surface area contributed by atoms with Gasteiger partial charge in [0, 0.05) is 23.6 Å². The molecule has 2 aromatic carbocycles. The Kier molecular flexibility index (Phi) is 3.32. The quantitative estimate of drug-likeness (QED) is 0.489. The number of aromatic hydroxyl groups is 2. The summed E-state index contributed by atoms with van der Waals surface area (Å²) < 4.78 is 1.86. The van der Waals surface area contributed by atoms with Gasteiger partial charge in [-0.1, -0.05) is 0 Å². The van der Waals surface area contributed by atoms with Crippen molar-refractivity contribution in [3.63, 3.8) is 0 Å². The number of hydrogen-bond acceptors (Lipinski definition) is 5. The number of rotatable bonds is 2. The molecule has 0 radical (unpaired) electrons. The van der Waals surface area contributed by atoms with Gasteiger partial charge in [0.15, 0.2) is 11.5 Å². The first kappa shape index (κ1) is 15.0. The molecule has 6 heteroatoms. The van der Waals surface area contributed by atoms with Gasteiger partial charge in [0.05, 0.1) is 5.56 Å². The molecular weight excluding hydrogens is 316 g/mol. The van der Waals surface area contributed by atoms with Gasteiger partial charge in [-0.15, -0.1) is 0 Å². The molecule has 2 aromatic heterocycles. The number of aromatic nitrogens is 3. The first-order chi connectivity index (χ1) is 12.0.